The number of benzene rings is 4. The van der Waals surface area contributed by atoms with Crippen LogP contribution < -0.4 is 16.0 Å². The molecule has 0 unspecified atom stereocenters. The van der Waals surface area contributed by atoms with Crippen molar-refractivity contribution >= 4 is 62.2 Å². The third kappa shape index (κ3) is 7.34. The summed E-state index contributed by atoms with van der Waals surface area (Å²) in [6, 6.07) is 25.0. The number of rotatable bonds is 9. The lowest BCUT2D eigenvalue weighted by Crippen LogP contribution is -2.38. The lowest BCUT2D eigenvalue weighted by Gasteiger charge is -2.23. The van der Waals surface area contributed by atoms with E-state index >= 15 is 0 Å². The van der Waals surface area contributed by atoms with Crippen LogP contribution >= 0.6 is 23.2 Å². The first-order valence-electron chi connectivity index (χ1n) is 12.9. The summed E-state index contributed by atoms with van der Waals surface area (Å²) >= 11 is 12.3. The van der Waals surface area contributed by atoms with E-state index in [-0.39, 0.29) is 43.5 Å². The van der Waals surface area contributed by atoms with Gasteiger partial charge in [-0.3, -0.25) is 4.79 Å². The van der Waals surface area contributed by atoms with Crippen LogP contribution in [0.5, 0.6) is 0 Å². The molecule has 0 saturated carbocycles. The molecule has 3 N–H and O–H groups in total. The Bertz CT molecular complexity index is 1740. The van der Waals surface area contributed by atoms with Crippen LogP contribution in [0.4, 0.5) is 11.4 Å². The summed E-state index contributed by atoms with van der Waals surface area (Å²) in [7, 11) is -1.06. The fraction of sp³-hybridized carbons (Fsp3) is 0.129. The van der Waals surface area contributed by atoms with Crippen LogP contribution in [0, 0.1) is 0 Å². The van der Waals surface area contributed by atoms with Crippen LogP contribution in [0.2, 0.25) is 10.0 Å². The molecule has 0 bridgehead atoms. The van der Waals surface area contributed by atoms with E-state index in [2.05, 4.69) is 10.3 Å². The molecule has 0 heterocycles. The Morgan fingerprint density at radius 1 is 0.907 bits per heavy atom. The number of ether oxygens (including phenoxy) is 1. The van der Waals surface area contributed by atoms with E-state index in [0.717, 1.165) is 0 Å². The van der Waals surface area contributed by atoms with Gasteiger partial charge in [0.2, 0.25) is 9.84 Å². The molecule has 0 aliphatic rings. The van der Waals surface area contributed by atoms with Crippen LogP contribution in [0.3, 0.4) is 0 Å². The SMILES string of the molecule is COC(=O)[C@H](Cc1ccc(NC(=O)c2c(Cl)cccc2Cl)cc1)N=C(N)N(C)c1ccccc1S(=O)(=O)c1ccccc1. The lowest BCUT2D eigenvalue weighted by molar-refractivity contribution is -0.142. The number of hydrogen-bond donors (Lipinski definition) is 2. The molecule has 43 heavy (non-hydrogen) atoms. The molecule has 4 rings (SSSR count). The minimum Gasteiger partial charge on any atom is -0.467 e. The average Bonchev–Trinajstić information content (AvgIpc) is 3.01. The molecule has 0 saturated heterocycles. The largest absolute Gasteiger partial charge is 0.467 e. The molecule has 1 atom stereocenters. The second-order valence-electron chi connectivity index (χ2n) is 9.32. The first-order valence-corrected chi connectivity index (χ1v) is 15.1. The smallest absolute Gasteiger partial charge is 0.331 e. The molecule has 12 heteroatoms. The first kappa shape index (κ1) is 31.6. The molecule has 0 aliphatic carbocycles. The van der Waals surface area contributed by atoms with Crippen molar-refractivity contribution in [3.05, 3.63) is 118 Å². The molecule has 1 amide bonds. The second-order valence-corrected chi connectivity index (χ2v) is 12.1. The molecular weight excluding hydrogens is 611 g/mol. The summed E-state index contributed by atoms with van der Waals surface area (Å²) in [6.45, 7) is 0. The van der Waals surface area contributed by atoms with Crippen molar-refractivity contribution in [1.82, 2.24) is 0 Å². The number of hydrogen-bond acceptors (Lipinski definition) is 6. The number of halogens is 2. The van der Waals surface area contributed by atoms with E-state index in [1.54, 1.807) is 85.9 Å². The maximum atomic E-state index is 13.4. The zero-order valence-corrected chi connectivity index (χ0v) is 25.5. The number of guanidine groups is 1. The molecule has 4 aromatic carbocycles. The van der Waals surface area contributed by atoms with Crippen LogP contribution in [-0.2, 0) is 25.8 Å². The van der Waals surface area contributed by atoms with Crippen LogP contribution in [-0.4, -0.2) is 46.5 Å². The molecule has 9 nitrogen and oxygen atoms in total. The Balaban J connectivity index is 1.55. The van der Waals surface area contributed by atoms with Crippen LogP contribution in [0.1, 0.15) is 15.9 Å². The molecule has 0 fully saturated rings. The zero-order chi connectivity index (χ0) is 31.1. The highest BCUT2D eigenvalue weighted by Crippen LogP contribution is 2.30. The van der Waals surface area contributed by atoms with Crippen molar-refractivity contribution in [3.8, 4) is 0 Å². The number of esters is 1. The fourth-order valence-electron chi connectivity index (χ4n) is 4.23. The molecule has 0 radical (unpaired) electrons. The monoisotopic (exact) mass is 638 g/mol. The zero-order valence-electron chi connectivity index (χ0n) is 23.2. The number of methoxy groups -OCH3 is 1. The normalized spacial score (nSPS) is 12.3. The quantitative estimate of drug-likeness (QED) is 0.138. The summed E-state index contributed by atoms with van der Waals surface area (Å²) in [5.41, 5.74) is 7.95. The van der Waals surface area contributed by atoms with Crippen LogP contribution in [0.25, 0.3) is 0 Å². The third-order valence-corrected chi connectivity index (χ3v) is 8.95. The highest BCUT2D eigenvalue weighted by molar-refractivity contribution is 7.91. The Labute approximate surface area is 259 Å². The topological polar surface area (TPSA) is 131 Å². The van der Waals surface area contributed by atoms with Crippen molar-refractivity contribution in [2.45, 2.75) is 22.3 Å². The Kier molecular flexibility index (Phi) is 10.1. The highest BCUT2D eigenvalue weighted by Gasteiger charge is 2.25. The van der Waals surface area contributed by atoms with E-state index in [4.69, 9.17) is 33.7 Å². The van der Waals surface area contributed by atoms with Gasteiger partial charge in [0.15, 0.2) is 12.0 Å². The number of nitrogens with two attached hydrogens (primary N) is 1. The van der Waals surface area contributed by atoms with Gasteiger partial charge in [0, 0.05) is 19.2 Å². The number of aliphatic imine (C=N–C) groups is 1. The van der Waals surface area contributed by atoms with Gasteiger partial charge in [0.25, 0.3) is 5.91 Å². The summed E-state index contributed by atoms with van der Waals surface area (Å²) in [5, 5.41) is 3.20. The number of nitrogens with zero attached hydrogens (tertiary/aromatic N) is 2. The number of para-hydroxylation sites is 1. The second kappa shape index (κ2) is 13.7. The third-order valence-electron chi connectivity index (χ3n) is 6.51. The highest BCUT2D eigenvalue weighted by atomic mass is 35.5. The Morgan fingerprint density at radius 3 is 2.14 bits per heavy atom. The molecule has 222 valence electrons. The van der Waals surface area contributed by atoms with Gasteiger partial charge >= 0.3 is 5.97 Å². The number of amides is 1. The van der Waals surface area contributed by atoms with Gasteiger partial charge in [-0.15, -0.1) is 0 Å². The summed E-state index contributed by atoms with van der Waals surface area (Å²) in [6.07, 6.45) is 0.121. The molecule has 0 aliphatic heterocycles. The van der Waals surface area contributed by atoms with Crippen LogP contribution in [0.15, 0.2) is 112 Å². The van der Waals surface area contributed by atoms with Crippen molar-refractivity contribution in [2.75, 3.05) is 24.4 Å². The predicted octanol–water partition coefficient (Wildman–Crippen LogP) is 5.61. The van der Waals surface area contributed by atoms with Gasteiger partial charge in [0.1, 0.15) is 0 Å². The van der Waals surface area contributed by atoms with Gasteiger partial charge < -0.3 is 20.7 Å². The minimum atomic E-state index is -3.87. The lowest BCUT2D eigenvalue weighted by atomic mass is 10.1. The van der Waals surface area contributed by atoms with E-state index < -0.39 is 27.8 Å². The van der Waals surface area contributed by atoms with Gasteiger partial charge in [-0.1, -0.05) is 71.7 Å². The number of sulfone groups is 1. The van der Waals surface area contributed by atoms with Gasteiger partial charge in [0.05, 0.1) is 38.2 Å². The van der Waals surface area contributed by atoms with Gasteiger partial charge in [-0.25, -0.2) is 18.2 Å². The fourth-order valence-corrected chi connectivity index (χ4v) is 6.31. The number of carbonyl (C=O) groups excluding carboxylic acids is 2. The molecule has 4 aromatic rings. The average molecular weight is 640 g/mol. The van der Waals surface area contributed by atoms with E-state index in [1.807, 2.05) is 0 Å². The van der Waals surface area contributed by atoms with Crippen molar-refractivity contribution < 1.29 is 22.7 Å². The number of carbonyl (C=O) groups is 2. The molecule has 0 aromatic heterocycles. The van der Waals surface area contributed by atoms with E-state index in [1.165, 1.54) is 30.2 Å². The van der Waals surface area contributed by atoms with Gasteiger partial charge in [-0.2, -0.15) is 0 Å². The Hall–Kier alpha value is -4.38. The Morgan fingerprint density at radius 2 is 1.51 bits per heavy atom. The maximum Gasteiger partial charge on any atom is 0.331 e. The number of anilines is 2. The van der Waals surface area contributed by atoms with E-state index in [9.17, 15) is 18.0 Å². The van der Waals surface area contributed by atoms with Crippen molar-refractivity contribution in [2.24, 2.45) is 10.7 Å². The van der Waals surface area contributed by atoms with Crippen molar-refractivity contribution in [3.63, 3.8) is 0 Å². The molecule has 0 spiro atoms. The summed E-state index contributed by atoms with van der Waals surface area (Å²) < 4.78 is 31.7. The predicted molar refractivity (Wildman–Crippen MR) is 169 cm³/mol. The molecular formula is C31H28Cl2N4O5S. The van der Waals surface area contributed by atoms with Crippen molar-refractivity contribution in [1.29, 1.82) is 0 Å². The summed E-state index contributed by atoms with van der Waals surface area (Å²) in [5.74, 6) is -1.19. The maximum absolute atomic E-state index is 13.4. The number of nitrogens with one attached hydrogen (secondary N) is 1. The standard InChI is InChI=1S/C31H28Cl2N4O5S/c1-37(26-13-6-7-14-27(26)43(40,41)22-9-4-3-5-10-22)31(34)36-25(30(39)42-2)19-20-15-17-21(18-16-20)35-29(38)28-23(32)11-8-12-24(28)33/h3-18,25H,19H2,1-2H3,(H2,34,36)(H,35,38)/t25-/m0/s1. The van der Waals surface area contributed by atoms with E-state index in [0.29, 0.717) is 11.3 Å². The summed E-state index contributed by atoms with van der Waals surface area (Å²) in [4.78, 5) is 31.3. The van der Waals surface area contributed by atoms with Gasteiger partial charge in [-0.05, 0) is 54.1 Å². The first-order chi connectivity index (χ1) is 20.5. The minimum absolute atomic E-state index is 0.0344.